The van der Waals surface area contributed by atoms with Crippen LogP contribution in [-0.4, -0.2) is 46.1 Å². The van der Waals surface area contributed by atoms with Gasteiger partial charge in [-0.15, -0.1) is 0 Å². The van der Waals surface area contributed by atoms with Crippen molar-refractivity contribution in [1.29, 1.82) is 0 Å². The molecule has 0 unspecified atom stereocenters. The second-order valence-electron chi connectivity index (χ2n) is 6.83. The predicted molar refractivity (Wildman–Crippen MR) is 91.4 cm³/mol. The molecule has 1 aliphatic rings. The zero-order valence-electron chi connectivity index (χ0n) is 14.8. The van der Waals surface area contributed by atoms with Gasteiger partial charge in [0.25, 0.3) is 0 Å². The minimum Gasteiger partial charge on any atom is -0.481 e. The molecule has 1 N–H and O–H groups in total. The Labute approximate surface area is 143 Å². The second-order valence-corrected chi connectivity index (χ2v) is 6.83. The number of carboxylic acids is 1. The average molecular weight is 333 g/mol. The molecule has 6 heteroatoms. The smallest absolute Gasteiger partial charge is 0.311 e. The van der Waals surface area contributed by atoms with Crippen molar-refractivity contribution in [2.45, 2.75) is 46.3 Å². The van der Waals surface area contributed by atoms with Crippen LogP contribution in [0.15, 0.2) is 24.0 Å². The Kier molecular flexibility index (Phi) is 6.45. The van der Waals surface area contributed by atoms with E-state index < -0.39 is 11.4 Å². The molecule has 2 rings (SSSR count). The maximum absolute atomic E-state index is 11.9. The summed E-state index contributed by atoms with van der Waals surface area (Å²) in [6.45, 7) is 6.56. The van der Waals surface area contributed by atoms with Gasteiger partial charge in [0.05, 0.1) is 5.41 Å². The van der Waals surface area contributed by atoms with E-state index in [1.165, 1.54) is 0 Å². The molecule has 0 radical (unpaired) electrons. The second kappa shape index (κ2) is 8.35. The summed E-state index contributed by atoms with van der Waals surface area (Å²) in [5, 5.41) is 9.79. The molecule has 1 aromatic heterocycles. The van der Waals surface area contributed by atoms with Crippen LogP contribution in [-0.2, 0) is 22.7 Å². The first kappa shape index (κ1) is 18.5. The van der Waals surface area contributed by atoms with Crippen LogP contribution in [0.4, 0.5) is 0 Å². The molecule has 6 nitrogen and oxygen atoms in total. The Bertz CT molecular complexity index is 582. The zero-order valence-corrected chi connectivity index (χ0v) is 14.8. The monoisotopic (exact) mass is 333 g/mol. The van der Waals surface area contributed by atoms with Gasteiger partial charge < -0.3 is 9.84 Å². The fraction of sp³-hybridized carbons (Fsp3) is 0.611. The number of carboxylic acid groups (broad SMARTS) is 1. The van der Waals surface area contributed by atoms with Crippen molar-refractivity contribution in [3.05, 3.63) is 35.4 Å². The van der Waals surface area contributed by atoms with Gasteiger partial charge in [-0.1, -0.05) is 11.6 Å². The summed E-state index contributed by atoms with van der Waals surface area (Å²) in [4.78, 5) is 22.7. The fourth-order valence-corrected chi connectivity index (χ4v) is 3.12. The van der Waals surface area contributed by atoms with Crippen LogP contribution in [0.2, 0.25) is 0 Å². The van der Waals surface area contributed by atoms with Gasteiger partial charge in [0, 0.05) is 38.2 Å². The summed E-state index contributed by atoms with van der Waals surface area (Å²) in [6.07, 6.45) is 7.85. The van der Waals surface area contributed by atoms with Crippen molar-refractivity contribution in [2.24, 2.45) is 5.41 Å². The molecule has 0 aromatic carbocycles. The highest BCUT2D eigenvalue weighted by atomic mass is 16.5. The van der Waals surface area contributed by atoms with Gasteiger partial charge in [0.1, 0.15) is 6.61 Å². The zero-order chi connectivity index (χ0) is 17.6. The summed E-state index contributed by atoms with van der Waals surface area (Å²) in [7, 11) is 1.61. The van der Waals surface area contributed by atoms with Crippen molar-refractivity contribution in [2.75, 3.05) is 20.2 Å². The number of nitrogens with zero attached hydrogens (tertiary/aromatic N) is 3. The first-order valence-electron chi connectivity index (χ1n) is 8.33. The number of hydrogen-bond donors (Lipinski definition) is 1. The standard InChI is InChI=1S/C18H27N3O3/c1-14(2)5-7-18(17(22)23)6-4-8-21(13-18)11-15-9-19-16(12-24-3)20-10-15/h5,9-10H,4,6-8,11-13H2,1-3H3,(H,22,23)/t18-/m1/s1. The van der Waals surface area contributed by atoms with E-state index in [0.29, 0.717) is 31.9 Å². The number of carbonyl (C=O) groups is 1. The molecule has 1 aromatic rings. The van der Waals surface area contributed by atoms with Gasteiger partial charge >= 0.3 is 5.97 Å². The third-order valence-corrected chi connectivity index (χ3v) is 4.45. The number of aliphatic carboxylic acids is 1. The molecule has 2 heterocycles. The molecule has 0 bridgehead atoms. The van der Waals surface area contributed by atoms with E-state index in [9.17, 15) is 9.90 Å². The highest BCUT2D eigenvalue weighted by molar-refractivity contribution is 5.75. The SMILES string of the molecule is COCc1ncc(CN2CCC[C@](CC=C(C)C)(C(=O)O)C2)cn1. The number of methoxy groups -OCH3 is 1. The van der Waals surface area contributed by atoms with E-state index in [-0.39, 0.29) is 0 Å². The van der Waals surface area contributed by atoms with E-state index in [2.05, 4.69) is 14.9 Å². The maximum atomic E-state index is 11.9. The van der Waals surface area contributed by atoms with E-state index in [0.717, 1.165) is 30.5 Å². The summed E-state index contributed by atoms with van der Waals surface area (Å²) < 4.78 is 5.01. The van der Waals surface area contributed by atoms with E-state index in [1.54, 1.807) is 19.5 Å². The Balaban J connectivity index is 2.05. The molecular formula is C18H27N3O3. The van der Waals surface area contributed by atoms with Crippen molar-refractivity contribution >= 4 is 5.97 Å². The van der Waals surface area contributed by atoms with Crippen LogP contribution in [0.3, 0.4) is 0 Å². The van der Waals surface area contributed by atoms with E-state index in [1.807, 2.05) is 19.9 Å². The third-order valence-electron chi connectivity index (χ3n) is 4.45. The number of ether oxygens (including phenoxy) is 1. The van der Waals surface area contributed by atoms with Crippen molar-refractivity contribution in [1.82, 2.24) is 14.9 Å². The van der Waals surface area contributed by atoms with Gasteiger partial charge in [0.15, 0.2) is 5.82 Å². The van der Waals surface area contributed by atoms with Crippen LogP contribution >= 0.6 is 0 Å². The van der Waals surface area contributed by atoms with Crippen LogP contribution in [0.25, 0.3) is 0 Å². The van der Waals surface area contributed by atoms with E-state index >= 15 is 0 Å². The molecule has 0 spiro atoms. The number of allylic oxidation sites excluding steroid dienone is 2. The van der Waals surface area contributed by atoms with Gasteiger partial charge in [-0.2, -0.15) is 0 Å². The minimum absolute atomic E-state index is 0.398. The number of rotatable bonds is 7. The van der Waals surface area contributed by atoms with Gasteiger partial charge in [-0.25, -0.2) is 9.97 Å². The largest absolute Gasteiger partial charge is 0.481 e. The summed E-state index contributed by atoms with van der Waals surface area (Å²) in [5.41, 5.74) is 1.47. The highest BCUT2D eigenvalue weighted by Crippen LogP contribution is 2.35. The molecule has 24 heavy (non-hydrogen) atoms. The molecule has 0 amide bonds. The molecule has 0 aliphatic carbocycles. The van der Waals surface area contributed by atoms with Crippen molar-refractivity contribution in [3.63, 3.8) is 0 Å². The minimum atomic E-state index is -0.698. The predicted octanol–water partition coefficient (Wildman–Crippen LogP) is 2.65. The maximum Gasteiger partial charge on any atom is 0.311 e. The lowest BCUT2D eigenvalue weighted by molar-refractivity contribution is -0.152. The molecule has 1 saturated heterocycles. The molecular weight excluding hydrogens is 306 g/mol. The Morgan fingerprint density at radius 3 is 2.71 bits per heavy atom. The number of piperidine rings is 1. The van der Waals surface area contributed by atoms with Crippen LogP contribution in [0.5, 0.6) is 0 Å². The van der Waals surface area contributed by atoms with Crippen LogP contribution in [0, 0.1) is 5.41 Å². The Hall–Kier alpha value is -1.79. The Morgan fingerprint density at radius 1 is 1.42 bits per heavy atom. The van der Waals surface area contributed by atoms with Crippen LogP contribution in [0.1, 0.15) is 44.5 Å². The third kappa shape index (κ3) is 4.85. The number of likely N-dealkylation sites (tertiary alicyclic amines) is 1. The number of hydrogen-bond acceptors (Lipinski definition) is 5. The van der Waals surface area contributed by atoms with Crippen molar-refractivity contribution in [3.8, 4) is 0 Å². The lowest BCUT2D eigenvalue weighted by atomic mass is 9.76. The van der Waals surface area contributed by atoms with Gasteiger partial charge in [-0.05, 0) is 39.7 Å². The average Bonchev–Trinajstić information content (AvgIpc) is 2.55. The number of aromatic nitrogens is 2. The van der Waals surface area contributed by atoms with Gasteiger partial charge in [-0.3, -0.25) is 9.69 Å². The first-order chi connectivity index (χ1) is 11.4. The summed E-state index contributed by atoms with van der Waals surface area (Å²) >= 11 is 0. The first-order valence-corrected chi connectivity index (χ1v) is 8.33. The van der Waals surface area contributed by atoms with E-state index in [4.69, 9.17) is 4.74 Å². The van der Waals surface area contributed by atoms with Crippen molar-refractivity contribution < 1.29 is 14.6 Å². The molecule has 1 fully saturated rings. The summed E-state index contributed by atoms with van der Waals surface area (Å²) in [6, 6.07) is 0. The lowest BCUT2D eigenvalue weighted by Gasteiger charge is -2.39. The summed E-state index contributed by atoms with van der Waals surface area (Å²) in [5.74, 6) is -0.0419. The fourth-order valence-electron chi connectivity index (χ4n) is 3.12. The topological polar surface area (TPSA) is 75.5 Å². The highest BCUT2D eigenvalue weighted by Gasteiger charge is 2.41. The molecule has 0 saturated carbocycles. The molecule has 1 atom stereocenters. The lowest BCUT2D eigenvalue weighted by Crippen LogP contribution is -2.47. The molecule has 1 aliphatic heterocycles. The quantitative estimate of drug-likeness (QED) is 0.773. The normalized spacial score (nSPS) is 21.5. The van der Waals surface area contributed by atoms with Gasteiger partial charge in [0.2, 0.25) is 0 Å². The molecule has 132 valence electrons. The Morgan fingerprint density at radius 2 is 2.12 bits per heavy atom. The van der Waals surface area contributed by atoms with Crippen LogP contribution < -0.4 is 0 Å².